The molecule has 0 aromatic heterocycles. The van der Waals surface area contributed by atoms with Crippen molar-refractivity contribution in [3.05, 3.63) is 60.7 Å². The second kappa shape index (κ2) is 10.1. The molecule has 168 valence electrons. The third-order valence-electron chi connectivity index (χ3n) is 5.93. The van der Waals surface area contributed by atoms with Gasteiger partial charge in [-0.15, -0.1) is 0 Å². The topological polar surface area (TPSA) is 92.3 Å². The molecule has 6 rings (SSSR count). The Labute approximate surface area is 187 Å². The molecule has 0 aliphatic carbocycles. The minimum atomic E-state index is -0.0104. The lowest BCUT2D eigenvalue weighted by Gasteiger charge is -2.54. The van der Waals surface area contributed by atoms with E-state index in [0.29, 0.717) is 11.1 Å². The largest absolute Gasteiger partial charge is 0.380 e. The van der Waals surface area contributed by atoms with Crippen LogP contribution in [0.15, 0.2) is 65.7 Å². The van der Waals surface area contributed by atoms with E-state index in [2.05, 4.69) is 15.6 Å². The number of nitrogens with one attached hydrogen (secondary N) is 2. The molecule has 8 heteroatoms. The summed E-state index contributed by atoms with van der Waals surface area (Å²) in [5.74, 6) is 0. The van der Waals surface area contributed by atoms with E-state index in [1.54, 1.807) is 12.1 Å². The molecular weight excluding hydrogens is 408 g/mol. The Kier molecular flexibility index (Phi) is 6.97. The van der Waals surface area contributed by atoms with E-state index < -0.39 is 0 Å². The Balaban J connectivity index is 0.000000129. The average Bonchev–Trinajstić information content (AvgIpc) is 2.66. The molecule has 0 atom stereocenters. The van der Waals surface area contributed by atoms with Gasteiger partial charge in [0.1, 0.15) is 0 Å². The van der Waals surface area contributed by atoms with Gasteiger partial charge in [-0.1, -0.05) is 36.4 Å². The highest BCUT2D eigenvalue weighted by Crippen LogP contribution is 2.37. The van der Waals surface area contributed by atoms with Gasteiger partial charge in [0, 0.05) is 37.3 Å². The summed E-state index contributed by atoms with van der Waals surface area (Å²) in [6.07, 6.45) is 1.46. The van der Waals surface area contributed by atoms with Crippen LogP contribution in [0.5, 0.6) is 0 Å². The van der Waals surface area contributed by atoms with E-state index in [-0.39, 0.29) is 11.4 Å². The minimum absolute atomic E-state index is 0.0104. The van der Waals surface area contributed by atoms with Crippen LogP contribution in [0.25, 0.3) is 0 Å². The molecule has 0 unspecified atom stereocenters. The number of amides is 2. The molecule has 0 saturated carbocycles. The number of benzene rings is 2. The molecule has 2 amide bonds. The van der Waals surface area contributed by atoms with Crippen molar-refractivity contribution in [1.82, 2.24) is 10.2 Å². The summed E-state index contributed by atoms with van der Waals surface area (Å²) in [4.78, 5) is 26.7. The van der Waals surface area contributed by atoms with Crippen LogP contribution in [0.3, 0.4) is 0 Å². The van der Waals surface area contributed by atoms with Crippen molar-refractivity contribution in [2.75, 3.05) is 57.9 Å². The molecule has 4 aliphatic rings. The van der Waals surface area contributed by atoms with Crippen LogP contribution in [0.1, 0.15) is 0 Å². The molecule has 2 aromatic carbocycles. The number of aliphatic imine (C=N–C) groups is 1. The van der Waals surface area contributed by atoms with Gasteiger partial charge in [-0.25, -0.2) is 9.59 Å². The highest BCUT2D eigenvalue weighted by atomic mass is 16.5. The van der Waals surface area contributed by atoms with Crippen molar-refractivity contribution < 1.29 is 19.1 Å². The third-order valence-corrected chi connectivity index (χ3v) is 5.93. The molecule has 0 radical (unpaired) electrons. The second-order valence-electron chi connectivity index (χ2n) is 8.78. The van der Waals surface area contributed by atoms with E-state index in [0.717, 1.165) is 45.2 Å². The standard InChI is InChI=1S/C12H14N2O2.C7H5NO.C5H9NO/c15-11(13-10-4-2-1-3-5-10)14-6-12(7-14)8-16-9-12;9-6-8-7-4-2-1-3-5-7;1-5(2-6-1)3-7-4-5/h1-5H,6-9H2,(H,13,15);1-5H;6H,1-4H2. The summed E-state index contributed by atoms with van der Waals surface area (Å²) in [5, 5.41) is 6.10. The summed E-state index contributed by atoms with van der Waals surface area (Å²) >= 11 is 0. The Bertz CT molecular complexity index is 911. The number of rotatable bonds is 2. The van der Waals surface area contributed by atoms with Crippen molar-refractivity contribution in [3.8, 4) is 0 Å². The van der Waals surface area contributed by atoms with E-state index in [1.165, 1.54) is 19.2 Å². The van der Waals surface area contributed by atoms with Gasteiger partial charge >= 0.3 is 6.03 Å². The maximum absolute atomic E-state index is 11.8. The van der Waals surface area contributed by atoms with E-state index in [1.807, 2.05) is 53.4 Å². The molecular formula is C24H28N4O4. The zero-order chi connectivity index (χ0) is 22.3. The molecule has 2 spiro atoms. The molecule has 32 heavy (non-hydrogen) atoms. The summed E-state index contributed by atoms with van der Waals surface area (Å²) < 4.78 is 10.2. The lowest BCUT2D eigenvalue weighted by atomic mass is 9.78. The van der Waals surface area contributed by atoms with Crippen molar-refractivity contribution in [3.63, 3.8) is 0 Å². The number of hydrogen-bond acceptors (Lipinski definition) is 6. The zero-order valence-corrected chi connectivity index (χ0v) is 18.0. The first-order chi connectivity index (χ1) is 15.6. The molecule has 2 aromatic rings. The number of urea groups is 1. The quantitative estimate of drug-likeness (QED) is 0.558. The monoisotopic (exact) mass is 436 g/mol. The fourth-order valence-electron chi connectivity index (χ4n) is 3.83. The number of likely N-dealkylation sites (tertiary alicyclic amines) is 1. The zero-order valence-electron chi connectivity index (χ0n) is 18.0. The van der Waals surface area contributed by atoms with Gasteiger partial charge in [-0.2, -0.15) is 4.99 Å². The summed E-state index contributed by atoms with van der Waals surface area (Å²) in [5.41, 5.74) is 2.39. The number of nitrogens with zero attached hydrogens (tertiary/aromatic N) is 2. The first-order valence-corrected chi connectivity index (χ1v) is 10.7. The van der Waals surface area contributed by atoms with Crippen LogP contribution in [-0.2, 0) is 14.3 Å². The normalized spacial score (nSPS) is 20.3. The van der Waals surface area contributed by atoms with E-state index in [9.17, 15) is 9.59 Å². The van der Waals surface area contributed by atoms with Gasteiger partial charge in [0.2, 0.25) is 6.08 Å². The van der Waals surface area contributed by atoms with Crippen LogP contribution in [0, 0.1) is 10.8 Å². The molecule has 0 bridgehead atoms. The molecule has 4 aliphatic heterocycles. The third kappa shape index (κ3) is 5.41. The van der Waals surface area contributed by atoms with Crippen LogP contribution in [0.4, 0.5) is 16.2 Å². The van der Waals surface area contributed by atoms with Crippen LogP contribution in [0.2, 0.25) is 0 Å². The predicted octanol–water partition coefficient (Wildman–Crippen LogP) is 2.81. The first kappa shape index (κ1) is 22.2. The number of isocyanates is 1. The van der Waals surface area contributed by atoms with Gasteiger partial charge in [0.15, 0.2) is 0 Å². The molecule has 4 saturated heterocycles. The number of para-hydroxylation sites is 2. The average molecular weight is 437 g/mol. The molecule has 2 N–H and O–H groups in total. The first-order valence-electron chi connectivity index (χ1n) is 10.7. The lowest BCUT2D eigenvalue weighted by Crippen LogP contribution is -2.67. The van der Waals surface area contributed by atoms with E-state index in [4.69, 9.17) is 9.47 Å². The Morgan fingerprint density at radius 3 is 1.88 bits per heavy atom. The molecule has 8 nitrogen and oxygen atoms in total. The number of carbonyl (C=O) groups is 1. The molecule has 4 heterocycles. The predicted molar refractivity (Wildman–Crippen MR) is 121 cm³/mol. The van der Waals surface area contributed by atoms with Crippen LogP contribution < -0.4 is 10.6 Å². The van der Waals surface area contributed by atoms with Crippen molar-refractivity contribution >= 4 is 23.5 Å². The van der Waals surface area contributed by atoms with Crippen molar-refractivity contribution in [1.29, 1.82) is 0 Å². The van der Waals surface area contributed by atoms with Gasteiger partial charge in [-0.05, 0) is 24.3 Å². The fraction of sp³-hybridized carbons (Fsp3) is 0.417. The highest BCUT2D eigenvalue weighted by Gasteiger charge is 2.50. The fourth-order valence-corrected chi connectivity index (χ4v) is 3.83. The number of carbonyl (C=O) groups excluding carboxylic acids is 2. The highest BCUT2D eigenvalue weighted by molar-refractivity contribution is 5.89. The Morgan fingerprint density at radius 1 is 0.906 bits per heavy atom. The number of anilines is 1. The SMILES string of the molecule is C1NCC12COC2.O=C(Nc1ccccc1)N1CC2(COC2)C1.O=C=Nc1ccccc1. The smallest absolute Gasteiger partial charge is 0.321 e. The van der Waals surface area contributed by atoms with Gasteiger partial charge in [0.05, 0.1) is 37.5 Å². The van der Waals surface area contributed by atoms with Crippen LogP contribution >= 0.6 is 0 Å². The number of hydrogen-bond donors (Lipinski definition) is 2. The number of ether oxygens (including phenoxy) is 2. The summed E-state index contributed by atoms with van der Waals surface area (Å²) in [7, 11) is 0. The summed E-state index contributed by atoms with van der Waals surface area (Å²) in [6.45, 7) is 7.64. The van der Waals surface area contributed by atoms with Crippen molar-refractivity contribution in [2.24, 2.45) is 15.8 Å². The Hall–Kier alpha value is -3.03. The van der Waals surface area contributed by atoms with Crippen molar-refractivity contribution in [2.45, 2.75) is 0 Å². The maximum Gasteiger partial charge on any atom is 0.321 e. The molecule has 4 fully saturated rings. The van der Waals surface area contributed by atoms with Gasteiger partial charge in [-0.3, -0.25) is 0 Å². The minimum Gasteiger partial charge on any atom is -0.380 e. The van der Waals surface area contributed by atoms with Crippen LogP contribution in [-0.4, -0.2) is 69.6 Å². The maximum atomic E-state index is 11.8. The lowest BCUT2D eigenvalue weighted by molar-refractivity contribution is -0.174. The Morgan fingerprint density at radius 2 is 1.47 bits per heavy atom. The van der Waals surface area contributed by atoms with Gasteiger partial charge in [0.25, 0.3) is 0 Å². The van der Waals surface area contributed by atoms with E-state index >= 15 is 0 Å². The van der Waals surface area contributed by atoms with Gasteiger partial charge < -0.3 is 25.0 Å². The second-order valence-corrected chi connectivity index (χ2v) is 8.78. The summed E-state index contributed by atoms with van der Waals surface area (Å²) in [6, 6.07) is 18.5.